The van der Waals surface area contributed by atoms with E-state index in [4.69, 9.17) is 4.74 Å². The summed E-state index contributed by atoms with van der Waals surface area (Å²) in [6, 6.07) is 5.98. The standard InChI is InChI=1S/C17H17F2NO4/c18-17(19)24-14-4-2-1-3-12(14)13-9-15(21)20(16(13)22)10-11-5-7-23-8-6-11/h1-4,9,11,17H,5-8,10H2. The van der Waals surface area contributed by atoms with E-state index in [0.29, 0.717) is 19.8 Å². The van der Waals surface area contributed by atoms with E-state index < -0.39 is 18.4 Å². The van der Waals surface area contributed by atoms with Gasteiger partial charge in [-0.1, -0.05) is 18.2 Å². The van der Waals surface area contributed by atoms with Crippen LogP contribution in [0.2, 0.25) is 0 Å². The first-order valence-electron chi connectivity index (χ1n) is 7.75. The van der Waals surface area contributed by atoms with Crippen LogP contribution in [-0.2, 0) is 14.3 Å². The zero-order valence-corrected chi connectivity index (χ0v) is 12.9. The molecule has 0 unspecified atom stereocenters. The monoisotopic (exact) mass is 337 g/mol. The fourth-order valence-corrected chi connectivity index (χ4v) is 2.95. The van der Waals surface area contributed by atoms with E-state index in [1.54, 1.807) is 6.07 Å². The first-order chi connectivity index (χ1) is 11.6. The Morgan fingerprint density at radius 3 is 2.62 bits per heavy atom. The summed E-state index contributed by atoms with van der Waals surface area (Å²) in [7, 11) is 0. The first-order valence-corrected chi connectivity index (χ1v) is 7.75. The largest absolute Gasteiger partial charge is 0.434 e. The SMILES string of the molecule is O=C1C=C(c2ccccc2OC(F)F)C(=O)N1CC1CCOCC1. The van der Waals surface area contributed by atoms with Crippen molar-refractivity contribution in [2.45, 2.75) is 19.5 Å². The number of benzene rings is 1. The third-order valence-electron chi connectivity index (χ3n) is 4.18. The quantitative estimate of drug-likeness (QED) is 0.775. The number of hydrogen-bond acceptors (Lipinski definition) is 4. The van der Waals surface area contributed by atoms with Crippen molar-refractivity contribution in [3.63, 3.8) is 0 Å². The second-order valence-electron chi connectivity index (χ2n) is 5.74. The van der Waals surface area contributed by atoms with Crippen molar-refractivity contribution in [1.82, 2.24) is 4.90 Å². The Morgan fingerprint density at radius 1 is 1.21 bits per heavy atom. The van der Waals surface area contributed by atoms with Crippen LogP contribution in [-0.4, -0.2) is 43.1 Å². The predicted molar refractivity (Wildman–Crippen MR) is 81.3 cm³/mol. The molecule has 2 aliphatic rings. The lowest BCUT2D eigenvalue weighted by atomic mass is 9.99. The van der Waals surface area contributed by atoms with Crippen molar-refractivity contribution in [3.05, 3.63) is 35.9 Å². The van der Waals surface area contributed by atoms with Crippen LogP contribution in [0.15, 0.2) is 30.3 Å². The second-order valence-corrected chi connectivity index (χ2v) is 5.74. The number of carbonyl (C=O) groups is 2. The number of para-hydroxylation sites is 1. The highest BCUT2D eigenvalue weighted by Gasteiger charge is 2.35. The molecule has 2 heterocycles. The van der Waals surface area contributed by atoms with E-state index in [1.807, 2.05) is 0 Å². The minimum Gasteiger partial charge on any atom is -0.434 e. The van der Waals surface area contributed by atoms with E-state index in [9.17, 15) is 18.4 Å². The van der Waals surface area contributed by atoms with Gasteiger partial charge in [-0.2, -0.15) is 8.78 Å². The van der Waals surface area contributed by atoms with Gasteiger partial charge in [-0.05, 0) is 24.8 Å². The number of halogens is 2. The highest BCUT2D eigenvalue weighted by Crippen LogP contribution is 2.32. The average molecular weight is 337 g/mol. The molecule has 0 N–H and O–H groups in total. The number of rotatable bonds is 5. The lowest BCUT2D eigenvalue weighted by molar-refractivity contribution is -0.137. The molecule has 0 spiro atoms. The molecule has 0 saturated carbocycles. The maximum absolute atomic E-state index is 12.6. The predicted octanol–water partition coefficient (Wildman–Crippen LogP) is 2.47. The number of hydrogen-bond donors (Lipinski definition) is 0. The molecule has 0 aliphatic carbocycles. The van der Waals surface area contributed by atoms with E-state index in [0.717, 1.165) is 12.8 Å². The van der Waals surface area contributed by atoms with Crippen molar-refractivity contribution < 1.29 is 27.8 Å². The molecule has 1 aromatic rings. The topological polar surface area (TPSA) is 55.8 Å². The highest BCUT2D eigenvalue weighted by atomic mass is 19.3. The molecule has 7 heteroatoms. The number of alkyl halides is 2. The minimum atomic E-state index is -3.00. The van der Waals surface area contributed by atoms with Gasteiger partial charge in [-0.25, -0.2) is 0 Å². The normalized spacial score (nSPS) is 19.1. The van der Waals surface area contributed by atoms with Crippen LogP contribution in [0.5, 0.6) is 5.75 Å². The number of nitrogens with zero attached hydrogens (tertiary/aromatic N) is 1. The molecule has 3 rings (SSSR count). The Hall–Kier alpha value is -2.28. The van der Waals surface area contributed by atoms with Crippen LogP contribution in [0.3, 0.4) is 0 Å². The van der Waals surface area contributed by atoms with Gasteiger partial charge in [0.15, 0.2) is 0 Å². The van der Waals surface area contributed by atoms with Gasteiger partial charge in [0.1, 0.15) is 5.75 Å². The van der Waals surface area contributed by atoms with Crippen molar-refractivity contribution >= 4 is 17.4 Å². The van der Waals surface area contributed by atoms with Gasteiger partial charge < -0.3 is 9.47 Å². The van der Waals surface area contributed by atoms with E-state index in [-0.39, 0.29) is 22.8 Å². The highest BCUT2D eigenvalue weighted by molar-refractivity contribution is 6.33. The molecule has 0 atom stereocenters. The van der Waals surface area contributed by atoms with E-state index in [2.05, 4.69) is 4.74 Å². The van der Waals surface area contributed by atoms with Crippen LogP contribution >= 0.6 is 0 Å². The third kappa shape index (κ3) is 3.46. The Labute approximate surface area is 137 Å². The smallest absolute Gasteiger partial charge is 0.387 e. The van der Waals surface area contributed by atoms with Gasteiger partial charge in [0.05, 0.1) is 5.57 Å². The Balaban J connectivity index is 1.79. The van der Waals surface area contributed by atoms with Gasteiger partial charge in [-0.3, -0.25) is 14.5 Å². The Bertz CT molecular complexity index is 668. The summed E-state index contributed by atoms with van der Waals surface area (Å²) >= 11 is 0. The Morgan fingerprint density at radius 2 is 1.92 bits per heavy atom. The molecule has 2 aliphatic heterocycles. The average Bonchev–Trinajstić information content (AvgIpc) is 2.84. The van der Waals surface area contributed by atoms with Gasteiger partial charge >= 0.3 is 6.61 Å². The number of imide groups is 1. The molecule has 5 nitrogen and oxygen atoms in total. The van der Waals surface area contributed by atoms with Crippen molar-refractivity contribution in [3.8, 4) is 5.75 Å². The fourth-order valence-electron chi connectivity index (χ4n) is 2.95. The first kappa shape index (κ1) is 16.6. The van der Waals surface area contributed by atoms with E-state index >= 15 is 0 Å². The fraction of sp³-hybridized carbons (Fsp3) is 0.412. The maximum atomic E-state index is 12.6. The molecule has 2 amide bonds. The van der Waals surface area contributed by atoms with Crippen molar-refractivity contribution in [2.75, 3.05) is 19.8 Å². The van der Waals surface area contributed by atoms with Crippen LogP contribution in [0.4, 0.5) is 8.78 Å². The van der Waals surface area contributed by atoms with Crippen LogP contribution in [0.1, 0.15) is 18.4 Å². The van der Waals surface area contributed by atoms with Crippen LogP contribution in [0.25, 0.3) is 5.57 Å². The number of carbonyl (C=O) groups excluding carboxylic acids is 2. The molecule has 0 radical (unpaired) electrons. The van der Waals surface area contributed by atoms with Crippen LogP contribution < -0.4 is 4.74 Å². The molecule has 0 aromatic heterocycles. The molecular weight excluding hydrogens is 320 g/mol. The summed E-state index contributed by atoms with van der Waals surface area (Å²) in [5.41, 5.74) is 0.286. The third-order valence-corrected chi connectivity index (χ3v) is 4.18. The summed E-state index contributed by atoms with van der Waals surface area (Å²) in [4.78, 5) is 25.9. The van der Waals surface area contributed by atoms with Gasteiger partial charge in [0.25, 0.3) is 11.8 Å². The zero-order valence-electron chi connectivity index (χ0n) is 12.9. The van der Waals surface area contributed by atoms with Gasteiger partial charge in [0, 0.05) is 31.4 Å². The van der Waals surface area contributed by atoms with Gasteiger partial charge in [0.2, 0.25) is 0 Å². The Kier molecular flexibility index (Phi) is 4.89. The summed E-state index contributed by atoms with van der Waals surface area (Å²) in [6.45, 7) is -1.45. The molecule has 1 saturated heterocycles. The summed E-state index contributed by atoms with van der Waals surface area (Å²) in [5, 5.41) is 0. The molecule has 0 bridgehead atoms. The zero-order chi connectivity index (χ0) is 17.1. The molecule has 1 fully saturated rings. The van der Waals surface area contributed by atoms with Crippen LogP contribution in [0, 0.1) is 5.92 Å². The molecular formula is C17H17F2NO4. The lowest BCUT2D eigenvalue weighted by Crippen LogP contribution is -2.37. The van der Waals surface area contributed by atoms with E-state index in [1.165, 1.54) is 29.2 Å². The number of amides is 2. The lowest BCUT2D eigenvalue weighted by Gasteiger charge is -2.26. The summed E-state index contributed by atoms with van der Waals surface area (Å²) in [5.74, 6) is -0.815. The summed E-state index contributed by atoms with van der Waals surface area (Å²) < 4.78 is 34.8. The van der Waals surface area contributed by atoms with Crippen molar-refractivity contribution in [2.24, 2.45) is 5.92 Å². The maximum Gasteiger partial charge on any atom is 0.387 e. The molecule has 24 heavy (non-hydrogen) atoms. The summed E-state index contributed by atoms with van der Waals surface area (Å²) in [6.07, 6.45) is 2.77. The van der Waals surface area contributed by atoms with Gasteiger partial charge in [-0.15, -0.1) is 0 Å². The molecule has 128 valence electrons. The second kappa shape index (κ2) is 7.09. The minimum absolute atomic E-state index is 0.0864. The molecule has 1 aromatic carbocycles. The number of ether oxygens (including phenoxy) is 2. The van der Waals surface area contributed by atoms with Crippen molar-refractivity contribution in [1.29, 1.82) is 0 Å².